The van der Waals surface area contributed by atoms with Crippen LogP contribution < -0.4 is 14.8 Å². The largest absolute Gasteiger partial charge is 0.490 e. The number of nitrogens with one attached hydrogen (secondary N) is 1. The van der Waals surface area contributed by atoms with Gasteiger partial charge in [0.05, 0.1) is 17.6 Å². The molecule has 2 rings (SSSR count). The predicted octanol–water partition coefficient (Wildman–Crippen LogP) is 3.71. The summed E-state index contributed by atoms with van der Waals surface area (Å²) in [7, 11) is 0. The van der Waals surface area contributed by atoms with E-state index in [4.69, 9.17) is 25.8 Å². The van der Waals surface area contributed by atoms with Crippen LogP contribution in [0.1, 0.15) is 29.1 Å². The molecule has 0 radical (unpaired) electrons. The molecule has 0 fully saturated rings. The molecule has 0 atom stereocenters. The van der Waals surface area contributed by atoms with Crippen molar-refractivity contribution in [2.24, 2.45) is 0 Å². The van der Waals surface area contributed by atoms with E-state index in [0.29, 0.717) is 46.9 Å². The fraction of sp³-hybridized carbons (Fsp3) is 0.368. The van der Waals surface area contributed by atoms with Gasteiger partial charge in [0.2, 0.25) is 0 Å². The number of hydrogen-bond donors (Lipinski definition) is 1. The first-order valence-corrected chi connectivity index (χ1v) is 9.80. The Morgan fingerprint density at radius 1 is 1.07 bits per heavy atom. The van der Waals surface area contributed by atoms with Crippen molar-refractivity contribution in [1.29, 1.82) is 0 Å². The summed E-state index contributed by atoms with van der Waals surface area (Å²) in [4.78, 5) is 24.0. The maximum absolute atomic E-state index is 11.8. The third-order valence-electron chi connectivity index (χ3n) is 3.45. The Morgan fingerprint density at radius 3 is 2.48 bits per heavy atom. The number of benzene rings is 1. The Hall–Kier alpha value is -2.25. The lowest BCUT2D eigenvalue weighted by Gasteiger charge is -2.12. The maximum Gasteiger partial charge on any atom is 0.348 e. The molecular formula is C19H22ClNO5S. The van der Waals surface area contributed by atoms with Crippen LogP contribution in [-0.4, -0.2) is 38.2 Å². The predicted molar refractivity (Wildman–Crippen MR) is 105 cm³/mol. The molecule has 2 aromatic rings. The highest BCUT2D eigenvalue weighted by Crippen LogP contribution is 2.28. The average Bonchev–Trinajstić information content (AvgIpc) is 3.08. The monoisotopic (exact) mass is 411 g/mol. The smallest absolute Gasteiger partial charge is 0.348 e. The topological polar surface area (TPSA) is 73.9 Å². The zero-order valence-electron chi connectivity index (χ0n) is 15.2. The van der Waals surface area contributed by atoms with Crippen molar-refractivity contribution in [3.8, 4) is 11.5 Å². The number of amides is 1. The number of carbonyl (C=O) groups excluding carboxylic acids is 2. The summed E-state index contributed by atoms with van der Waals surface area (Å²) in [6.45, 7) is 5.02. The number of halogens is 1. The highest BCUT2D eigenvalue weighted by molar-refractivity contribution is 7.17. The summed E-state index contributed by atoms with van der Waals surface area (Å²) in [5.74, 6) is 0.469. The van der Waals surface area contributed by atoms with Gasteiger partial charge >= 0.3 is 5.97 Å². The van der Waals surface area contributed by atoms with E-state index in [1.165, 1.54) is 0 Å². The summed E-state index contributed by atoms with van der Waals surface area (Å²) >= 11 is 6.88. The molecule has 0 unspecified atom stereocenters. The molecule has 0 aliphatic heterocycles. The molecule has 6 nitrogen and oxygen atoms in total. The molecule has 1 N–H and O–H groups in total. The van der Waals surface area contributed by atoms with Gasteiger partial charge in [-0.05, 0) is 50.1 Å². The quantitative estimate of drug-likeness (QED) is 0.603. The standard InChI is InChI=1S/C19H22ClNO5S/c1-3-24-14-6-5-13(11-15(14)25-4-2)9-10-21-18(22)12-26-19(23)16-7-8-17(20)27-16/h5-8,11H,3-4,9-10,12H2,1-2H3,(H,21,22). The third kappa shape index (κ3) is 6.77. The van der Waals surface area contributed by atoms with Crippen LogP contribution >= 0.6 is 22.9 Å². The second-order valence-corrected chi connectivity index (χ2v) is 7.14. The summed E-state index contributed by atoms with van der Waals surface area (Å²) < 4.78 is 16.6. The fourth-order valence-electron chi connectivity index (χ4n) is 2.27. The molecule has 146 valence electrons. The van der Waals surface area contributed by atoms with Crippen LogP contribution in [0.15, 0.2) is 30.3 Å². The van der Waals surface area contributed by atoms with Gasteiger partial charge in [0.1, 0.15) is 4.88 Å². The second-order valence-electron chi connectivity index (χ2n) is 5.43. The number of rotatable bonds is 10. The van der Waals surface area contributed by atoms with Gasteiger partial charge in [-0.15, -0.1) is 11.3 Å². The van der Waals surface area contributed by atoms with E-state index in [2.05, 4.69) is 5.32 Å². The van der Waals surface area contributed by atoms with Gasteiger partial charge in [0, 0.05) is 6.54 Å². The molecule has 1 heterocycles. The summed E-state index contributed by atoms with van der Waals surface area (Å²) in [5.41, 5.74) is 1.01. The molecule has 0 aliphatic carbocycles. The molecule has 1 amide bonds. The van der Waals surface area contributed by atoms with Gasteiger partial charge in [0.25, 0.3) is 5.91 Å². The van der Waals surface area contributed by atoms with E-state index in [1.807, 2.05) is 32.0 Å². The van der Waals surface area contributed by atoms with E-state index in [1.54, 1.807) is 12.1 Å². The highest BCUT2D eigenvalue weighted by Gasteiger charge is 2.12. The maximum atomic E-state index is 11.8. The summed E-state index contributed by atoms with van der Waals surface area (Å²) in [6, 6.07) is 8.87. The van der Waals surface area contributed by atoms with Gasteiger partial charge in [-0.3, -0.25) is 4.79 Å². The molecule has 1 aromatic carbocycles. The lowest BCUT2D eigenvalue weighted by Crippen LogP contribution is -2.30. The first kappa shape index (κ1) is 21.1. The molecular weight excluding hydrogens is 390 g/mol. The Morgan fingerprint density at radius 2 is 1.81 bits per heavy atom. The Bertz CT molecular complexity index is 777. The van der Waals surface area contributed by atoms with Crippen molar-refractivity contribution >= 4 is 34.8 Å². The van der Waals surface area contributed by atoms with Gasteiger partial charge in [-0.2, -0.15) is 0 Å². The lowest BCUT2D eigenvalue weighted by atomic mass is 10.1. The second kappa shape index (κ2) is 10.8. The van der Waals surface area contributed by atoms with Crippen molar-refractivity contribution in [3.05, 3.63) is 45.1 Å². The van der Waals surface area contributed by atoms with Crippen molar-refractivity contribution in [1.82, 2.24) is 5.32 Å². The molecule has 0 bridgehead atoms. The first-order valence-electron chi connectivity index (χ1n) is 8.61. The van der Waals surface area contributed by atoms with E-state index < -0.39 is 5.97 Å². The molecule has 8 heteroatoms. The number of thiophene rings is 1. The van der Waals surface area contributed by atoms with Gasteiger partial charge in [-0.1, -0.05) is 17.7 Å². The van der Waals surface area contributed by atoms with Crippen LogP contribution in [0, 0.1) is 0 Å². The first-order chi connectivity index (χ1) is 13.0. The van der Waals surface area contributed by atoms with Gasteiger partial charge in [-0.25, -0.2) is 4.79 Å². The Labute approximate surface area is 167 Å². The Kier molecular flexibility index (Phi) is 8.42. The molecule has 0 saturated heterocycles. The summed E-state index contributed by atoms with van der Waals surface area (Å²) in [5, 5.41) is 2.72. The van der Waals surface area contributed by atoms with E-state index in [0.717, 1.165) is 16.9 Å². The van der Waals surface area contributed by atoms with Crippen molar-refractivity contribution in [2.45, 2.75) is 20.3 Å². The third-order valence-corrected chi connectivity index (χ3v) is 4.66. The van der Waals surface area contributed by atoms with Crippen molar-refractivity contribution < 1.29 is 23.8 Å². The minimum absolute atomic E-state index is 0.332. The SMILES string of the molecule is CCOc1ccc(CCNC(=O)COC(=O)c2ccc(Cl)s2)cc1OCC. The number of hydrogen-bond acceptors (Lipinski definition) is 6. The van der Waals surface area contributed by atoms with Crippen LogP contribution in [0.5, 0.6) is 11.5 Å². The van der Waals surface area contributed by atoms with E-state index in [9.17, 15) is 9.59 Å². The van der Waals surface area contributed by atoms with Crippen LogP contribution in [-0.2, 0) is 16.0 Å². The molecule has 0 spiro atoms. The average molecular weight is 412 g/mol. The van der Waals surface area contributed by atoms with Crippen LogP contribution in [0.25, 0.3) is 0 Å². The van der Waals surface area contributed by atoms with Crippen LogP contribution in [0.2, 0.25) is 4.34 Å². The van der Waals surface area contributed by atoms with Gasteiger partial charge in [0.15, 0.2) is 18.1 Å². The highest BCUT2D eigenvalue weighted by atomic mass is 35.5. The van der Waals surface area contributed by atoms with Crippen molar-refractivity contribution in [2.75, 3.05) is 26.4 Å². The fourth-order valence-corrected chi connectivity index (χ4v) is 3.21. The Balaban J connectivity index is 1.77. The molecule has 1 aromatic heterocycles. The minimum atomic E-state index is -0.560. The minimum Gasteiger partial charge on any atom is -0.490 e. The van der Waals surface area contributed by atoms with E-state index >= 15 is 0 Å². The number of esters is 1. The normalized spacial score (nSPS) is 10.3. The number of ether oxygens (including phenoxy) is 3. The van der Waals surface area contributed by atoms with Crippen LogP contribution in [0.4, 0.5) is 0 Å². The molecule has 0 saturated carbocycles. The van der Waals surface area contributed by atoms with Gasteiger partial charge < -0.3 is 19.5 Å². The zero-order valence-corrected chi connectivity index (χ0v) is 16.8. The number of carbonyl (C=O) groups is 2. The molecule has 27 heavy (non-hydrogen) atoms. The lowest BCUT2D eigenvalue weighted by molar-refractivity contribution is -0.124. The molecule has 0 aliphatic rings. The van der Waals surface area contributed by atoms with E-state index in [-0.39, 0.29) is 12.5 Å². The van der Waals surface area contributed by atoms with Crippen LogP contribution in [0.3, 0.4) is 0 Å². The van der Waals surface area contributed by atoms with Crippen molar-refractivity contribution in [3.63, 3.8) is 0 Å². The summed E-state index contributed by atoms with van der Waals surface area (Å²) in [6.07, 6.45) is 0.618. The zero-order chi connectivity index (χ0) is 19.6.